The molecular formula is C31H52. The molecule has 0 nitrogen and oxygen atoms in total. The highest BCUT2D eigenvalue weighted by Crippen LogP contribution is 2.63. The van der Waals surface area contributed by atoms with Crippen molar-refractivity contribution in [3.8, 4) is 0 Å². The number of hydrogen-bond donors (Lipinski definition) is 0. The molecule has 0 aromatic carbocycles. The molecule has 7 unspecified atom stereocenters. The van der Waals surface area contributed by atoms with Gasteiger partial charge in [-0.3, -0.25) is 0 Å². The smallest absolute Gasteiger partial charge is 0.0323 e. The van der Waals surface area contributed by atoms with Crippen LogP contribution < -0.4 is 0 Å². The van der Waals surface area contributed by atoms with Crippen LogP contribution in [-0.4, -0.2) is 0 Å². The molecule has 0 heterocycles. The van der Waals surface area contributed by atoms with Crippen molar-refractivity contribution < 1.29 is 0 Å². The van der Waals surface area contributed by atoms with Gasteiger partial charge in [0.05, 0.1) is 0 Å². The van der Waals surface area contributed by atoms with E-state index in [0.29, 0.717) is 0 Å². The maximum atomic E-state index is 2.53. The minimum Gasteiger partial charge on any atom is -0.0625 e. The molecule has 0 aromatic rings. The molecule has 31 heavy (non-hydrogen) atoms. The first-order valence-corrected chi connectivity index (χ1v) is 15.3. The minimum absolute atomic E-state index is 1.02. The Morgan fingerprint density at radius 2 is 0.774 bits per heavy atom. The molecule has 0 heteroatoms. The lowest BCUT2D eigenvalue weighted by Gasteiger charge is -2.61. The van der Waals surface area contributed by atoms with Gasteiger partial charge in [-0.05, 0) is 123 Å². The van der Waals surface area contributed by atoms with E-state index in [1.807, 2.05) is 0 Å². The molecular weight excluding hydrogens is 372 g/mol. The van der Waals surface area contributed by atoms with Crippen LogP contribution in [0.2, 0.25) is 0 Å². The van der Waals surface area contributed by atoms with E-state index >= 15 is 0 Å². The van der Waals surface area contributed by atoms with Gasteiger partial charge >= 0.3 is 0 Å². The van der Waals surface area contributed by atoms with Crippen LogP contribution in [0.15, 0.2) is 0 Å². The lowest BCUT2D eigenvalue weighted by molar-refractivity contribution is -0.118. The summed E-state index contributed by atoms with van der Waals surface area (Å²) in [5.41, 5.74) is 0. The second-order valence-electron chi connectivity index (χ2n) is 13.8. The molecule has 0 N–H and O–H groups in total. The van der Waals surface area contributed by atoms with Gasteiger partial charge in [0.15, 0.2) is 0 Å². The lowest BCUT2D eigenvalue weighted by atomic mass is 9.44. The first-order chi connectivity index (χ1) is 15.3. The predicted molar refractivity (Wildman–Crippen MR) is 132 cm³/mol. The van der Waals surface area contributed by atoms with Crippen LogP contribution in [0.1, 0.15) is 129 Å². The Morgan fingerprint density at radius 3 is 1.35 bits per heavy atom. The molecule has 0 aromatic heterocycles. The number of fused-ring (bicyclic) bond motifs is 3. The van der Waals surface area contributed by atoms with E-state index in [0.717, 1.165) is 65.1 Å². The first-order valence-electron chi connectivity index (χ1n) is 15.3. The third-order valence-corrected chi connectivity index (χ3v) is 12.5. The molecule has 6 fully saturated rings. The summed E-state index contributed by atoms with van der Waals surface area (Å²) in [4.78, 5) is 0. The Labute approximate surface area is 194 Å². The molecule has 7 atom stereocenters. The van der Waals surface area contributed by atoms with Crippen molar-refractivity contribution in [1.82, 2.24) is 0 Å². The van der Waals surface area contributed by atoms with Crippen molar-refractivity contribution in [3.63, 3.8) is 0 Å². The standard InChI is InChI=1S/C31H52/c1-21-14-16-23(17-15-21)30-26-10-4-6-12-28(26)31(29-13-7-5-11-27(29)30)25-19-18-22-8-2-3-9-24(22)20-25/h21-31H,2-20H2,1H3. The van der Waals surface area contributed by atoms with Crippen molar-refractivity contribution in [2.75, 3.05) is 0 Å². The van der Waals surface area contributed by atoms with Crippen molar-refractivity contribution in [3.05, 3.63) is 0 Å². The fourth-order valence-electron chi connectivity index (χ4n) is 11.3. The normalized spacial score (nSPS) is 53.1. The fourth-order valence-corrected chi connectivity index (χ4v) is 11.3. The van der Waals surface area contributed by atoms with Crippen molar-refractivity contribution in [1.29, 1.82) is 0 Å². The molecule has 6 aliphatic carbocycles. The van der Waals surface area contributed by atoms with Gasteiger partial charge in [0.25, 0.3) is 0 Å². The average molecular weight is 425 g/mol. The second-order valence-corrected chi connectivity index (χ2v) is 13.8. The molecule has 0 bridgehead atoms. The largest absolute Gasteiger partial charge is 0.0625 e. The molecule has 0 spiro atoms. The van der Waals surface area contributed by atoms with E-state index in [1.54, 1.807) is 122 Å². The van der Waals surface area contributed by atoms with E-state index < -0.39 is 0 Å². The summed E-state index contributed by atoms with van der Waals surface area (Å²) in [5.74, 6) is 12.4. The average Bonchev–Trinajstić information content (AvgIpc) is 2.83. The third kappa shape index (κ3) is 4.07. The first kappa shape index (κ1) is 21.5. The second kappa shape index (κ2) is 9.33. The van der Waals surface area contributed by atoms with Crippen molar-refractivity contribution in [2.24, 2.45) is 65.1 Å². The van der Waals surface area contributed by atoms with Gasteiger partial charge in [-0.15, -0.1) is 0 Å². The Bertz CT molecular complexity index is 561. The van der Waals surface area contributed by atoms with Gasteiger partial charge in [-0.25, -0.2) is 0 Å². The third-order valence-electron chi connectivity index (χ3n) is 12.5. The van der Waals surface area contributed by atoms with E-state index in [2.05, 4.69) is 6.92 Å². The monoisotopic (exact) mass is 424 g/mol. The Hall–Kier alpha value is 0. The fraction of sp³-hybridized carbons (Fsp3) is 1.00. The van der Waals surface area contributed by atoms with Gasteiger partial charge in [-0.1, -0.05) is 71.1 Å². The minimum atomic E-state index is 1.02. The zero-order valence-corrected chi connectivity index (χ0v) is 20.8. The quantitative estimate of drug-likeness (QED) is 0.414. The van der Waals surface area contributed by atoms with E-state index in [-0.39, 0.29) is 0 Å². The van der Waals surface area contributed by atoms with Crippen LogP contribution in [0.4, 0.5) is 0 Å². The molecule has 176 valence electrons. The number of hydrogen-bond acceptors (Lipinski definition) is 0. The van der Waals surface area contributed by atoms with Gasteiger partial charge < -0.3 is 0 Å². The highest BCUT2D eigenvalue weighted by molar-refractivity contribution is 5.04. The highest BCUT2D eigenvalue weighted by atomic mass is 14.6. The summed E-state index contributed by atoms with van der Waals surface area (Å²) in [5, 5.41) is 0. The van der Waals surface area contributed by atoms with E-state index in [1.165, 1.54) is 0 Å². The maximum absolute atomic E-state index is 2.53. The maximum Gasteiger partial charge on any atom is -0.0323 e. The molecule has 6 saturated carbocycles. The van der Waals surface area contributed by atoms with Crippen LogP contribution in [0.3, 0.4) is 0 Å². The molecule has 0 amide bonds. The van der Waals surface area contributed by atoms with Gasteiger partial charge in [0.2, 0.25) is 0 Å². The summed E-state index contributed by atoms with van der Waals surface area (Å²) in [7, 11) is 0. The van der Waals surface area contributed by atoms with Crippen LogP contribution >= 0.6 is 0 Å². The zero-order valence-electron chi connectivity index (χ0n) is 20.8. The summed E-state index contributed by atoms with van der Waals surface area (Å²) in [6.45, 7) is 2.53. The van der Waals surface area contributed by atoms with Crippen molar-refractivity contribution in [2.45, 2.75) is 129 Å². The van der Waals surface area contributed by atoms with Gasteiger partial charge in [-0.2, -0.15) is 0 Å². The molecule has 6 aliphatic rings. The van der Waals surface area contributed by atoms with Crippen LogP contribution in [0, 0.1) is 65.1 Å². The van der Waals surface area contributed by atoms with E-state index in [9.17, 15) is 0 Å². The highest BCUT2D eigenvalue weighted by Gasteiger charge is 2.55. The van der Waals surface area contributed by atoms with Gasteiger partial charge in [0, 0.05) is 0 Å². The van der Waals surface area contributed by atoms with Crippen molar-refractivity contribution >= 4 is 0 Å². The Balaban J connectivity index is 1.28. The lowest BCUT2D eigenvalue weighted by Crippen LogP contribution is -2.54. The summed E-state index contributed by atoms with van der Waals surface area (Å²) in [6, 6.07) is 0. The van der Waals surface area contributed by atoms with E-state index in [4.69, 9.17) is 0 Å². The topological polar surface area (TPSA) is 0 Å². The SMILES string of the molecule is CC1CCC(C2C3CCCCC3C(C3CCC4CCCCC4C3)C3CCCCC32)CC1. The summed E-state index contributed by atoms with van der Waals surface area (Å²) < 4.78 is 0. The zero-order chi connectivity index (χ0) is 20.8. The number of rotatable bonds is 2. The van der Waals surface area contributed by atoms with Crippen LogP contribution in [-0.2, 0) is 0 Å². The molecule has 0 radical (unpaired) electrons. The molecule has 6 rings (SSSR count). The van der Waals surface area contributed by atoms with Crippen LogP contribution in [0.25, 0.3) is 0 Å². The predicted octanol–water partition coefficient (Wildman–Crippen LogP) is 9.28. The van der Waals surface area contributed by atoms with Crippen LogP contribution in [0.5, 0.6) is 0 Å². The Morgan fingerprint density at radius 1 is 0.355 bits per heavy atom. The Kier molecular flexibility index (Phi) is 6.48. The molecule has 0 saturated heterocycles. The summed E-state index contributed by atoms with van der Waals surface area (Å²) >= 11 is 0. The molecule has 0 aliphatic heterocycles. The van der Waals surface area contributed by atoms with Gasteiger partial charge in [0.1, 0.15) is 0 Å². The summed E-state index contributed by atoms with van der Waals surface area (Å²) in [6.07, 6.45) is 30.3.